The third kappa shape index (κ3) is 5.74. The summed E-state index contributed by atoms with van der Waals surface area (Å²) in [5.41, 5.74) is 7.00. The van der Waals surface area contributed by atoms with Gasteiger partial charge in [-0.1, -0.05) is 48.0 Å². The van der Waals surface area contributed by atoms with Gasteiger partial charge in [-0.05, 0) is 43.2 Å². The van der Waals surface area contributed by atoms with Crippen LogP contribution in [0.1, 0.15) is 33.9 Å². The van der Waals surface area contributed by atoms with Gasteiger partial charge in [0.25, 0.3) is 0 Å². The summed E-state index contributed by atoms with van der Waals surface area (Å²) >= 11 is 0. The molecule has 2 aromatic carbocycles. The fourth-order valence-corrected chi connectivity index (χ4v) is 2.51. The molecule has 0 saturated carbocycles. The minimum Gasteiger partial charge on any atom is -0.486 e. The van der Waals surface area contributed by atoms with Crippen molar-refractivity contribution in [2.45, 2.75) is 26.4 Å². The van der Waals surface area contributed by atoms with E-state index in [1.165, 1.54) is 11.6 Å². The fourth-order valence-electron chi connectivity index (χ4n) is 2.51. The van der Waals surface area contributed by atoms with E-state index in [-0.39, 0.29) is 24.7 Å². The molecule has 2 amide bonds. The second-order valence-electron chi connectivity index (χ2n) is 6.36. The molecule has 28 heavy (non-hydrogen) atoms. The molecule has 0 aliphatic heterocycles. The molecule has 144 valence electrons. The Hall–Kier alpha value is -3.54. The van der Waals surface area contributed by atoms with Gasteiger partial charge >= 0.3 is 5.91 Å². The van der Waals surface area contributed by atoms with Crippen LogP contribution in [0, 0.1) is 6.92 Å². The zero-order chi connectivity index (χ0) is 19.8. The lowest BCUT2D eigenvalue weighted by Crippen LogP contribution is -2.41. The predicted molar refractivity (Wildman–Crippen MR) is 105 cm³/mol. The molecule has 3 rings (SSSR count). The van der Waals surface area contributed by atoms with Crippen LogP contribution in [-0.4, -0.2) is 11.8 Å². The van der Waals surface area contributed by atoms with Crippen LogP contribution >= 0.6 is 0 Å². The Labute approximate surface area is 163 Å². The second kappa shape index (κ2) is 9.41. The number of nitrogens with one attached hydrogen (secondary N) is 2. The smallest absolute Gasteiger partial charge is 0.305 e. The van der Waals surface area contributed by atoms with E-state index in [1.807, 2.05) is 61.5 Å². The molecule has 0 saturated heterocycles. The molecule has 0 aliphatic rings. The maximum atomic E-state index is 12.1. The van der Waals surface area contributed by atoms with Gasteiger partial charge in [-0.25, -0.2) is 0 Å². The van der Waals surface area contributed by atoms with Gasteiger partial charge < -0.3 is 9.15 Å². The first kappa shape index (κ1) is 19.2. The van der Waals surface area contributed by atoms with Crippen LogP contribution in [0.25, 0.3) is 0 Å². The fraction of sp³-hybridized carbons (Fsp3) is 0.182. The molecular weight excluding hydrogens is 356 g/mol. The minimum atomic E-state index is -0.519. The molecule has 6 nitrogen and oxygen atoms in total. The van der Waals surface area contributed by atoms with Gasteiger partial charge in [0.15, 0.2) is 5.76 Å². The lowest BCUT2D eigenvalue weighted by atomic mass is 10.1. The lowest BCUT2D eigenvalue weighted by molar-refractivity contribution is -0.121. The number of carbonyl (C=O) groups excluding carboxylic acids is 2. The average Bonchev–Trinajstić information content (AvgIpc) is 3.20. The SMILES string of the molecule is Cc1ccc(CCC(=O)NNC(=O)c2ccc(COc3ccccc3)o2)cc1. The maximum Gasteiger partial charge on any atom is 0.305 e. The first-order valence-electron chi connectivity index (χ1n) is 9.01. The van der Waals surface area contributed by atoms with E-state index >= 15 is 0 Å². The molecule has 2 N–H and O–H groups in total. The van der Waals surface area contributed by atoms with Crippen molar-refractivity contribution in [1.29, 1.82) is 0 Å². The Morgan fingerprint density at radius 3 is 2.43 bits per heavy atom. The van der Waals surface area contributed by atoms with E-state index < -0.39 is 5.91 Å². The number of amides is 2. The van der Waals surface area contributed by atoms with Gasteiger partial charge in [-0.2, -0.15) is 0 Å². The number of aryl methyl sites for hydroxylation is 2. The van der Waals surface area contributed by atoms with Crippen molar-refractivity contribution in [3.8, 4) is 5.75 Å². The van der Waals surface area contributed by atoms with E-state index in [0.29, 0.717) is 17.9 Å². The van der Waals surface area contributed by atoms with Gasteiger partial charge in [0.2, 0.25) is 5.91 Å². The molecule has 0 bridgehead atoms. The summed E-state index contributed by atoms with van der Waals surface area (Å²) < 4.78 is 11.0. The number of hydrogen-bond acceptors (Lipinski definition) is 4. The van der Waals surface area contributed by atoms with Crippen LogP contribution < -0.4 is 15.6 Å². The predicted octanol–water partition coefficient (Wildman–Crippen LogP) is 3.56. The van der Waals surface area contributed by atoms with Crippen molar-refractivity contribution in [3.63, 3.8) is 0 Å². The first-order chi connectivity index (χ1) is 13.6. The normalized spacial score (nSPS) is 10.3. The molecule has 0 spiro atoms. The number of hydrazine groups is 1. The number of furan rings is 1. The Kier molecular flexibility index (Phi) is 6.46. The molecule has 0 aliphatic carbocycles. The Balaban J connectivity index is 1.41. The molecule has 3 aromatic rings. The summed E-state index contributed by atoms with van der Waals surface area (Å²) in [6, 6.07) is 20.5. The lowest BCUT2D eigenvalue weighted by Gasteiger charge is -2.06. The standard InChI is InChI=1S/C22H22N2O4/c1-16-7-9-17(10-8-16)11-14-21(25)23-24-22(26)20-13-12-19(28-20)15-27-18-5-3-2-4-6-18/h2-10,12-13H,11,14-15H2,1H3,(H,23,25)(H,24,26). The number of para-hydroxylation sites is 1. The highest BCUT2D eigenvalue weighted by Gasteiger charge is 2.12. The quantitative estimate of drug-likeness (QED) is 0.616. The van der Waals surface area contributed by atoms with Crippen LogP contribution in [0.15, 0.2) is 71.1 Å². The van der Waals surface area contributed by atoms with Crippen LogP contribution in [0.5, 0.6) is 5.75 Å². The zero-order valence-corrected chi connectivity index (χ0v) is 15.6. The molecule has 0 fully saturated rings. The first-order valence-corrected chi connectivity index (χ1v) is 9.01. The molecular formula is C22H22N2O4. The Morgan fingerprint density at radius 2 is 1.68 bits per heavy atom. The van der Waals surface area contributed by atoms with Crippen LogP contribution in [0.2, 0.25) is 0 Å². The maximum absolute atomic E-state index is 12.1. The zero-order valence-electron chi connectivity index (χ0n) is 15.6. The monoisotopic (exact) mass is 378 g/mol. The highest BCUT2D eigenvalue weighted by Crippen LogP contribution is 2.14. The Morgan fingerprint density at radius 1 is 0.929 bits per heavy atom. The molecule has 0 atom stereocenters. The van der Waals surface area contributed by atoms with Gasteiger partial charge in [0.05, 0.1) is 0 Å². The summed E-state index contributed by atoms with van der Waals surface area (Å²) in [6.07, 6.45) is 0.876. The van der Waals surface area contributed by atoms with Gasteiger partial charge in [-0.15, -0.1) is 0 Å². The van der Waals surface area contributed by atoms with E-state index in [4.69, 9.17) is 9.15 Å². The van der Waals surface area contributed by atoms with Gasteiger partial charge in [-0.3, -0.25) is 20.4 Å². The van der Waals surface area contributed by atoms with Crippen molar-refractivity contribution >= 4 is 11.8 Å². The number of benzene rings is 2. The summed E-state index contributed by atoms with van der Waals surface area (Å²) in [5.74, 6) is 0.540. The molecule has 1 aromatic heterocycles. The van der Waals surface area contributed by atoms with Gasteiger partial charge in [0, 0.05) is 6.42 Å². The highest BCUT2D eigenvalue weighted by molar-refractivity contribution is 5.92. The largest absolute Gasteiger partial charge is 0.486 e. The van der Waals surface area contributed by atoms with Crippen molar-refractivity contribution < 1.29 is 18.7 Å². The summed E-state index contributed by atoms with van der Waals surface area (Å²) in [5, 5.41) is 0. The van der Waals surface area contributed by atoms with E-state index in [0.717, 1.165) is 5.56 Å². The van der Waals surface area contributed by atoms with E-state index in [2.05, 4.69) is 10.9 Å². The van der Waals surface area contributed by atoms with E-state index in [9.17, 15) is 9.59 Å². The molecule has 0 unspecified atom stereocenters. The van der Waals surface area contributed by atoms with Crippen molar-refractivity contribution in [1.82, 2.24) is 10.9 Å². The highest BCUT2D eigenvalue weighted by atomic mass is 16.5. The van der Waals surface area contributed by atoms with E-state index in [1.54, 1.807) is 6.07 Å². The van der Waals surface area contributed by atoms with Gasteiger partial charge in [0.1, 0.15) is 18.1 Å². The van der Waals surface area contributed by atoms with Crippen LogP contribution in [-0.2, 0) is 17.8 Å². The van der Waals surface area contributed by atoms with Crippen molar-refractivity contribution in [3.05, 3.63) is 89.4 Å². The number of hydrogen-bond donors (Lipinski definition) is 2. The average molecular weight is 378 g/mol. The molecule has 0 radical (unpaired) electrons. The molecule has 1 heterocycles. The summed E-state index contributed by atoms with van der Waals surface area (Å²) in [7, 11) is 0. The minimum absolute atomic E-state index is 0.102. The summed E-state index contributed by atoms with van der Waals surface area (Å²) in [4.78, 5) is 24.0. The number of rotatable bonds is 7. The number of carbonyl (C=O) groups is 2. The Bertz CT molecular complexity index is 917. The van der Waals surface area contributed by atoms with Crippen LogP contribution in [0.3, 0.4) is 0 Å². The van der Waals surface area contributed by atoms with Crippen molar-refractivity contribution in [2.75, 3.05) is 0 Å². The third-order valence-electron chi connectivity index (χ3n) is 4.09. The van der Waals surface area contributed by atoms with Crippen LogP contribution in [0.4, 0.5) is 0 Å². The second-order valence-corrected chi connectivity index (χ2v) is 6.36. The third-order valence-corrected chi connectivity index (χ3v) is 4.09. The van der Waals surface area contributed by atoms with Crippen molar-refractivity contribution in [2.24, 2.45) is 0 Å². The summed E-state index contributed by atoms with van der Waals surface area (Å²) in [6.45, 7) is 2.22. The molecule has 6 heteroatoms. The number of ether oxygens (including phenoxy) is 1. The topological polar surface area (TPSA) is 80.6 Å².